The summed E-state index contributed by atoms with van der Waals surface area (Å²) in [6.45, 7) is 3.68. The van der Waals surface area contributed by atoms with E-state index in [0.717, 1.165) is 5.56 Å². The van der Waals surface area contributed by atoms with Crippen LogP contribution < -0.4 is 10.9 Å². The van der Waals surface area contributed by atoms with Crippen LogP contribution >= 0.6 is 11.6 Å². The Bertz CT molecular complexity index is 861. The molecule has 1 aromatic carbocycles. The lowest BCUT2D eigenvalue weighted by atomic mass is 10.1. The zero-order valence-electron chi connectivity index (χ0n) is 15.8. The first-order chi connectivity index (χ1) is 13.3. The number of aromatic amines is 1. The summed E-state index contributed by atoms with van der Waals surface area (Å²) in [6.07, 6.45) is 0.0806. The number of nitrogens with one attached hydrogen (secondary N) is 3. The molecule has 150 valence electrons. The molecule has 0 bridgehead atoms. The molecule has 0 saturated carbocycles. The first-order valence-electron chi connectivity index (χ1n) is 8.52. The van der Waals surface area contributed by atoms with Gasteiger partial charge in [-0.2, -0.15) is 0 Å². The lowest BCUT2D eigenvalue weighted by Crippen LogP contribution is -2.42. The van der Waals surface area contributed by atoms with Crippen molar-refractivity contribution in [3.63, 3.8) is 0 Å². The third-order valence-electron chi connectivity index (χ3n) is 3.98. The van der Waals surface area contributed by atoms with E-state index in [1.165, 1.54) is 7.11 Å². The number of hydrogen-bond donors (Lipinski definition) is 3. The van der Waals surface area contributed by atoms with E-state index in [1.807, 2.05) is 0 Å². The molecular weight excluding hydrogens is 386 g/mol. The summed E-state index contributed by atoms with van der Waals surface area (Å²) in [5.74, 6) is -1.51. The summed E-state index contributed by atoms with van der Waals surface area (Å²) in [7, 11) is 1.50. The van der Waals surface area contributed by atoms with Crippen LogP contribution in [0.3, 0.4) is 0 Å². The third kappa shape index (κ3) is 5.58. The number of H-pyrrole nitrogens is 1. The molecule has 0 aliphatic rings. The molecule has 8 nitrogen and oxygen atoms in total. The smallest absolute Gasteiger partial charge is 0.340 e. The van der Waals surface area contributed by atoms with E-state index in [1.54, 1.807) is 38.1 Å². The van der Waals surface area contributed by atoms with E-state index < -0.39 is 17.8 Å². The Morgan fingerprint density at radius 2 is 1.75 bits per heavy atom. The summed E-state index contributed by atoms with van der Waals surface area (Å²) in [5, 5.41) is 0.576. The third-order valence-corrected chi connectivity index (χ3v) is 4.23. The van der Waals surface area contributed by atoms with E-state index in [4.69, 9.17) is 21.1 Å². The number of hydrazine groups is 1. The number of ether oxygens (including phenoxy) is 2. The number of esters is 1. The van der Waals surface area contributed by atoms with Gasteiger partial charge in [0, 0.05) is 17.8 Å². The first kappa shape index (κ1) is 21.5. The van der Waals surface area contributed by atoms with Gasteiger partial charge in [-0.15, -0.1) is 0 Å². The number of aryl methyl sites for hydroxylation is 1. The number of hydrogen-bond acceptors (Lipinski definition) is 5. The van der Waals surface area contributed by atoms with Crippen molar-refractivity contribution in [3.8, 4) is 0 Å². The van der Waals surface area contributed by atoms with Crippen molar-refractivity contribution in [1.82, 2.24) is 15.8 Å². The molecule has 0 spiro atoms. The lowest BCUT2D eigenvalue weighted by molar-refractivity contribution is -0.121. The van der Waals surface area contributed by atoms with Crippen LogP contribution in [0.2, 0.25) is 5.02 Å². The maximum absolute atomic E-state index is 12.4. The molecule has 0 saturated heterocycles. The summed E-state index contributed by atoms with van der Waals surface area (Å²) in [4.78, 5) is 39.4. The number of carbonyl (C=O) groups excluding carboxylic acids is 3. The first-order valence-corrected chi connectivity index (χ1v) is 8.90. The fraction of sp³-hybridized carbons (Fsp3) is 0.316. The molecule has 0 aliphatic carbocycles. The van der Waals surface area contributed by atoms with E-state index in [9.17, 15) is 14.4 Å². The molecule has 1 aromatic heterocycles. The maximum atomic E-state index is 12.4. The Kier molecular flexibility index (Phi) is 7.60. The molecule has 0 radical (unpaired) electrons. The second-order valence-electron chi connectivity index (χ2n) is 6.06. The molecule has 2 rings (SSSR count). The number of carbonyl (C=O) groups is 3. The lowest BCUT2D eigenvalue weighted by Gasteiger charge is -2.08. The van der Waals surface area contributed by atoms with E-state index in [2.05, 4.69) is 15.8 Å². The Balaban J connectivity index is 1.96. The summed E-state index contributed by atoms with van der Waals surface area (Å²) in [6, 6.07) is 6.81. The van der Waals surface area contributed by atoms with Gasteiger partial charge in [0.1, 0.15) is 12.3 Å². The molecule has 2 amide bonds. The molecule has 9 heteroatoms. The van der Waals surface area contributed by atoms with E-state index in [0.29, 0.717) is 16.3 Å². The fourth-order valence-corrected chi connectivity index (χ4v) is 2.72. The van der Waals surface area contributed by atoms with Gasteiger partial charge in [-0.3, -0.25) is 20.4 Å². The zero-order valence-corrected chi connectivity index (χ0v) is 16.6. The minimum absolute atomic E-state index is 0.0806. The normalized spacial score (nSPS) is 10.4. The fourth-order valence-electron chi connectivity index (χ4n) is 2.59. The molecule has 28 heavy (non-hydrogen) atoms. The van der Waals surface area contributed by atoms with Crippen molar-refractivity contribution in [2.75, 3.05) is 20.3 Å². The largest absolute Gasteiger partial charge is 0.460 e. The van der Waals surface area contributed by atoms with E-state index >= 15 is 0 Å². The summed E-state index contributed by atoms with van der Waals surface area (Å²) < 4.78 is 9.94. The molecule has 0 atom stereocenters. The number of aromatic nitrogens is 1. The van der Waals surface area contributed by atoms with Crippen LogP contribution in [0.5, 0.6) is 0 Å². The highest BCUT2D eigenvalue weighted by molar-refractivity contribution is 6.30. The van der Waals surface area contributed by atoms with Gasteiger partial charge in [-0.05, 0) is 37.1 Å². The van der Waals surface area contributed by atoms with Gasteiger partial charge < -0.3 is 14.5 Å². The zero-order chi connectivity index (χ0) is 20.7. The maximum Gasteiger partial charge on any atom is 0.340 e. The van der Waals surface area contributed by atoms with Gasteiger partial charge >= 0.3 is 5.97 Å². The van der Waals surface area contributed by atoms with Crippen molar-refractivity contribution in [2.45, 2.75) is 20.3 Å². The number of rotatable bonds is 7. The summed E-state index contributed by atoms with van der Waals surface area (Å²) >= 11 is 5.81. The number of halogens is 1. The molecular formula is C19H22ClN3O5. The highest BCUT2D eigenvalue weighted by atomic mass is 35.5. The summed E-state index contributed by atoms with van der Waals surface area (Å²) in [5.41, 5.74) is 6.82. The number of benzene rings is 1. The molecule has 0 aliphatic heterocycles. The number of methoxy groups -OCH3 is 1. The molecule has 2 aromatic rings. The minimum atomic E-state index is -0.569. The predicted molar refractivity (Wildman–Crippen MR) is 103 cm³/mol. The highest BCUT2D eigenvalue weighted by Crippen LogP contribution is 2.19. The van der Waals surface area contributed by atoms with E-state index in [-0.39, 0.29) is 30.9 Å². The van der Waals surface area contributed by atoms with Crippen molar-refractivity contribution in [1.29, 1.82) is 0 Å². The van der Waals surface area contributed by atoms with Gasteiger partial charge in [-0.1, -0.05) is 23.7 Å². The SMILES string of the molecule is COCCOC(=O)c1c(C)[nH]c(C(=O)NNC(=O)Cc2ccc(Cl)cc2)c1C. The average Bonchev–Trinajstić information content (AvgIpc) is 2.96. The molecule has 0 unspecified atom stereocenters. The van der Waals surface area contributed by atoms with Gasteiger partial charge in [-0.25, -0.2) is 4.79 Å². The molecule has 1 heterocycles. The molecule has 3 N–H and O–H groups in total. The van der Waals surface area contributed by atoms with Crippen LogP contribution in [0.4, 0.5) is 0 Å². The van der Waals surface area contributed by atoms with Crippen molar-refractivity contribution in [2.24, 2.45) is 0 Å². The van der Waals surface area contributed by atoms with Crippen LogP contribution in [0, 0.1) is 13.8 Å². The quantitative estimate of drug-likeness (QED) is 0.370. The van der Waals surface area contributed by atoms with Gasteiger partial charge in [0.15, 0.2) is 0 Å². The van der Waals surface area contributed by atoms with Gasteiger partial charge in [0.25, 0.3) is 5.91 Å². The van der Waals surface area contributed by atoms with Gasteiger partial charge in [0.05, 0.1) is 18.6 Å². The van der Waals surface area contributed by atoms with Crippen molar-refractivity contribution < 1.29 is 23.9 Å². The average molecular weight is 408 g/mol. The Morgan fingerprint density at radius 1 is 1.07 bits per heavy atom. The monoisotopic (exact) mass is 407 g/mol. The molecule has 0 fully saturated rings. The van der Waals surface area contributed by atoms with Crippen molar-refractivity contribution >= 4 is 29.4 Å². The standard InChI is InChI=1S/C19H22ClN3O5/c1-11-16(19(26)28-9-8-27-3)12(2)21-17(11)18(25)23-22-15(24)10-13-4-6-14(20)7-5-13/h4-7,21H,8-10H2,1-3H3,(H,22,24)(H,23,25). The Labute approximate surface area is 167 Å². The Hall–Kier alpha value is -2.84. The Morgan fingerprint density at radius 3 is 2.39 bits per heavy atom. The van der Waals surface area contributed by atoms with Crippen LogP contribution in [-0.4, -0.2) is 43.1 Å². The second kappa shape index (κ2) is 9.91. The second-order valence-corrected chi connectivity index (χ2v) is 6.50. The van der Waals surface area contributed by atoms with Crippen LogP contribution in [0.15, 0.2) is 24.3 Å². The van der Waals surface area contributed by atoms with Crippen LogP contribution in [-0.2, 0) is 20.7 Å². The highest BCUT2D eigenvalue weighted by Gasteiger charge is 2.23. The predicted octanol–water partition coefficient (Wildman–Crippen LogP) is 2.09. The van der Waals surface area contributed by atoms with Crippen LogP contribution in [0.1, 0.15) is 37.7 Å². The minimum Gasteiger partial charge on any atom is -0.460 e. The van der Waals surface area contributed by atoms with Crippen molar-refractivity contribution in [3.05, 3.63) is 57.4 Å². The number of amides is 2. The van der Waals surface area contributed by atoms with Gasteiger partial charge in [0.2, 0.25) is 5.91 Å². The topological polar surface area (TPSA) is 110 Å². The van der Waals surface area contributed by atoms with Crippen LogP contribution in [0.25, 0.3) is 0 Å².